The van der Waals surface area contributed by atoms with Crippen molar-refractivity contribution < 1.29 is 17.9 Å². The maximum atomic E-state index is 12.7. The van der Waals surface area contributed by atoms with Crippen LogP contribution in [0.25, 0.3) is 0 Å². The standard InChI is InChI=1S/C17H26N2O4S2/c1-4-23-16(20)15(17(24)9-11-19(3)12-10-17)18-25(21,22)14-7-5-13(2)6-8-14/h5-8,15,18,24H,4,9-12H2,1-3H3. The van der Waals surface area contributed by atoms with Gasteiger partial charge in [-0.3, -0.25) is 4.79 Å². The number of carbonyl (C=O) groups excluding carboxylic acids is 1. The Bertz CT molecular complexity index is 696. The number of rotatable bonds is 6. The summed E-state index contributed by atoms with van der Waals surface area (Å²) in [5.41, 5.74) is 0.960. The van der Waals surface area contributed by atoms with E-state index in [4.69, 9.17) is 17.4 Å². The molecule has 25 heavy (non-hydrogen) atoms. The van der Waals surface area contributed by atoms with Crippen molar-refractivity contribution in [1.29, 1.82) is 0 Å². The predicted octanol–water partition coefficient (Wildman–Crippen LogP) is 1.60. The number of thiol groups is 1. The van der Waals surface area contributed by atoms with E-state index in [1.165, 1.54) is 12.1 Å². The molecule has 0 aromatic heterocycles. The monoisotopic (exact) mass is 386 g/mol. The number of ether oxygens (including phenoxy) is 1. The number of carbonyl (C=O) groups is 1. The van der Waals surface area contributed by atoms with Crippen molar-refractivity contribution in [1.82, 2.24) is 9.62 Å². The summed E-state index contributed by atoms with van der Waals surface area (Å²) < 4.78 is 32.4. The average molecular weight is 387 g/mol. The minimum atomic E-state index is -3.85. The lowest BCUT2D eigenvalue weighted by Gasteiger charge is -2.41. The largest absolute Gasteiger partial charge is 0.465 e. The minimum absolute atomic E-state index is 0.122. The van der Waals surface area contributed by atoms with Crippen molar-refractivity contribution >= 4 is 28.6 Å². The number of hydrogen-bond acceptors (Lipinski definition) is 6. The van der Waals surface area contributed by atoms with Crippen LogP contribution in [0.4, 0.5) is 0 Å². The van der Waals surface area contributed by atoms with E-state index in [2.05, 4.69) is 9.62 Å². The summed E-state index contributed by atoms with van der Waals surface area (Å²) in [6, 6.07) is 5.47. The Hall–Kier alpha value is -1.09. The van der Waals surface area contributed by atoms with E-state index in [0.717, 1.165) is 18.7 Å². The molecular formula is C17H26N2O4S2. The Morgan fingerprint density at radius 2 is 1.88 bits per heavy atom. The lowest BCUT2D eigenvalue weighted by Crippen LogP contribution is -2.58. The second-order valence-corrected chi connectivity index (χ2v) is 9.13. The van der Waals surface area contributed by atoms with Crippen LogP contribution in [0, 0.1) is 6.92 Å². The third kappa shape index (κ3) is 4.97. The van der Waals surface area contributed by atoms with Crippen molar-refractivity contribution in [2.24, 2.45) is 0 Å². The van der Waals surface area contributed by atoms with E-state index in [1.54, 1.807) is 19.1 Å². The highest BCUT2D eigenvalue weighted by atomic mass is 32.2. The fraction of sp³-hybridized carbons (Fsp3) is 0.588. The van der Waals surface area contributed by atoms with E-state index in [0.29, 0.717) is 12.8 Å². The van der Waals surface area contributed by atoms with Crippen molar-refractivity contribution in [3.8, 4) is 0 Å². The van der Waals surface area contributed by atoms with Gasteiger partial charge in [0.05, 0.1) is 11.5 Å². The summed E-state index contributed by atoms with van der Waals surface area (Å²) >= 11 is 4.70. The number of benzene rings is 1. The third-order valence-corrected chi connectivity index (χ3v) is 6.66. The number of esters is 1. The molecule has 0 bridgehead atoms. The molecule has 1 fully saturated rings. The molecule has 1 aromatic carbocycles. The van der Waals surface area contributed by atoms with Gasteiger partial charge in [0.1, 0.15) is 6.04 Å². The maximum Gasteiger partial charge on any atom is 0.325 e. The maximum absolute atomic E-state index is 12.7. The molecule has 8 heteroatoms. The molecule has 0 spiro atoms. The van der Waals surface area contributed by atoms with Gasteiger partial charge in [0.25, 0.3) is 0 Å². The Labute approximate surface area is 155 Å². The fourth-order valence-corrected chi connectivity index (χ4v) is 4.56. The molecule has 1 unspecified atom stereocenters. The van der Waals surface area contributed by atoms with Gasteiger partial charge in [-0.2, -0.15) is 17.4 Å². The molecule has 1 saturated heterocycles. The highest BCUT2D eigenvalue weighted by molar-refractivity contribution is 7.89. The van der Waals surface area contributed by atoms with Gasteiger partial charge in [0.15, 0.2) is 0 Å². The van der Waals surface area contributed by atoms with Crippen LogP contribution in [0.3, 0.4) is 0 Å². The van der Waals surface area contributed by atoms with Crippen LogP contribution in [0.5, 0.6) is 0 Å². The SMILES string of the molecule is CCOC(=O)C(NS(=O)(=O)c1ccc(C)cc1)C1(S)CCN(C)CC1. The Morgan fingerprint density at radius 3 is 2.40 bits per heavy atom. The number of likely N-dealkylation sites (tertiary alicyclic amines) is 1. The number of aryl methyl sites for hydroxylation is 1. The summed E-state index contributed by atoms with van der Waals surface area (Å²) in [4.78, 5) is 14.7. The summed E-state index contributed by atoms with van der Waals surface area (Å²) in [6.07, 6.45) is 1.18. The molecule has 0 radical (unpaired) electrons. The molecule has 1 N–H and O–H groups in total. The second kappa shape index (κ2) is 8.07. The Morgan fingerprint density at radius 1 is 1.32 bits per heavy atom. The first-order chi connectivity index (χ1) is 11.7. The first-order valence-corrected chi connectivity index (χ1v) is 10.3. The molecule has 1 heterocycles. The predicted molar refractivity (Wildman–Crippen MR) is 100 cm³/mol. The lowest BCUT2D eigenvalue weighted by molar-refractivity contribution is -0.146. The van der Waals surface area contributed by atoms with Crippen molar-refractivity contribution in [2.45, 2.75) is 42.4 Å². The van der Waals surface area contributed by atoms with Crippen LogP contribution in [0.1, 0.15) is 25.3 Å². The summed E-state index contributed by atoms with van der Waals surface area (Å²) in [5, 5.41) is 0. The van der Waals surface area contributed by atoms with Gasteiger partial charge in [-0.05, 0) is 59.0 Å². The van der Waals surface area contributed by atoms with E-state index in [1.807, 2.05) is 14.0 Å². The van der Waals surface area contributed by atoms with Crippen LogP contribution in [-0.4, -0.2) is 56.8 Å². The fourth-order valence-electron chi connectivity index (χ4n) is 2.84. The average Bonchev–Trinajstić information content (AvgIpc) is 2.56. The zero-order valence-corrected chi connectivity index (χ0v) is 16.6. The Kier molecular flexibility index (Phi) is 6.53. The minimum Gasteiger partial charge on any atom is -0.465 e. The van der Waals surface area contributed by atoms with Gasteiger partial charge in [-0.25, -0.2) is 8.42 Å². The van der Waals surface area contributed by atoms with Crippen LogP contribution in [0.2, 0.25) is 0 Å². The van der Waals surface area contributed by atoms with Gasteiger partial charge >= 0.3 is 5.97 Å². The van der Waals surface area contributed by atoms with E-state index in [9.17, 15) is 13.2 Å². The number of nitrogens with one attached hydrogen (secondary N) is 1. The number of sulfonamides is 1. The highest BCUT2D eigenvalue weighted by Gasteiger charge is 2.45. The van der Waals surface area contributed by atoms with Gasteiger partial charge in [-0.1, -0.05) is 17.7 Å². The normalized spacial score (nSPS) is 19.4. The van der Waals surface area contributed by atoms with Crippen molar-refractivity contribution in [2.75, 3.05) is 26.7 Å². The molecule has 1 aliphatic rings. The van der Waals surface area contributed by atoms with Crippen LogP contribution in [-0.2, 0) is 19.6 Å². The zero-order valence-electron chi connectivity index (χ0n) is 14.9. The van der Waals surface area contributed by atoms with Gasteiger partial charge in [-0.15, -0.1) is 0 Å². The summed E-state index contributed by atoms with van der Waals surface area (Å²) in [7, 11) is -1.86. The molecule has 0 aliphatic carbocycles. The molecule has 1 atom stereocenters. The molecule has 0 saturated carbocycles. The number of piperidine rings is 1. The van der Waals surface area contributed by atoms with Crippen molar-refractivity contribution in [3.05, 3.63) is 29.8 Å². The number of hydrogen-bond donors (Lipinski definition) is 2. The van der Waals surface area contributed by atoms with Crippen LogP contribution < -0.4 is 4.72 Å². The zero-order chi connectivity index (χ0) is 18.7. The third-order valence-electron chi connectivity index (χ3n) is 4.52. The quantitative estimate of drug-likeness (QED) is 0.574. The van der Waals surface area contributed by atoms with Gasteiger partial charge in [0.2, 0.25) is 10.0 Å². The molecule has 2 rings (SSSR count). The van der Waals surface area contributed by atoms with Gasteiger partial charge < -0.3 is 9.64 Å². The first kappa shape index (κ1) is 20.2. The van der Waals surface area contributed by atoms with E-state index >= 15 is 0 Å². The van der Waals surface area contributed by atoms with Crippen LogP contribution >= 0.6 is 12.6 Å². The Balaban J connectivity index is 2.29. The van der Waals surface area contributed by atoms with E-state index in [-0.39, 0.29) is 11.5 Å². The molecule has 140 valence electrons. The molecule has 0 amide bonds. The highest BCUT2D eigenvalue weighted by Crippen LogP contribution is 2.33. The van der Waals surface area contributed by atoms with Crippen LogP contribution in [0.15, 0.2) is 29.2 Å². The van der Waals surface area contributed by atoms with Gasteiger partial charge in [0, 0.05) is 4.75 Å². The van der Waals surface area contributed by atoms with E-state index < -0.39 is 26.8 Å². The molecule has 1 aromatic rings. The molecule has 6 nitrogen and oxygen atoms in total. The first-order valence-electron chi connectivity index (χ1n) is 8.34. The molecular weight excluding hydrogens is 360 g/mol. The summed E-state index contributed by atoms with van der Waals surface area (Å²) in [5.74, 6) is -0.585. The summed E-state index contributed by atoms with van der Waals surface area (Å²) in [6.45, 7) is 5.25. The number of nitrogens with zero attached hydrogens (tertiary/aromatic N) is 1. The second-order valence-electron chi connectivity index (χ2n) is 6.53. The lowest BCUT2D eigenvalue weighted by atomic mass is 9.89. The smallest absolute Gasteiger partial charge is 0.325 e. The van der Waals surface area contributed by atoms with Crippen molar-refractivity contribution in [3.63, 3.8) is 0 Å². The topological polar surface area (TPSA) is 75.7 Å². The molecule has 1 aliphatic heterocycles.